The van der Waals surface area contributed by atoms with Crippen molar-refractivity contribution in [3.8, 4) is 11.4 Å². The Balaban J connectivity index is 1.69. The third-order valence-corrected chi connectivity index (χ3v) is 4.80. The number of methoxy groups -OCH3 is 1. The topological polar surface area (TPSA) is 72.3 Å². The molecule has 2 heterocycles. The fraction of sp³-hybridized carbons (Fsp3) is 0.500. The molecule has 1 aromatic heterocycles. The fourth-order valence-corrected chi connectivity index (χ4v) is 3.25. The van der Waals surface area contributed by atoms with E-state index in [1.807, 2.05) is 36.7 Å². The van der Waals surface area contributed by atoms with Gasteiger partial charge in [-0.05, 0) is 31.5 Å². The van der Waals surface area contributed by atoms with Crippen LogP contribution in [-0.4, -0.2) is 58.9 Å². The number of aryl methyl sites for hydroxylation is 1. The number of carbonyl (C=O) groups excluding carboxylic acids is 1. The number of hydrogen-bond acceptors (Lipinski definition) is 5. The maximum Gasteiger partial charge on any atom is 0.228 e. The highest BCUT2D eigenvalue weighted by Gasteiger charge is 2.28. The van der Waals surface area contributed by atoms with Gasteiger partial charge < -0.3 is 19.5 Å². The minimum atomic E-state index is 0.0229. The monoisotopic (exact) mass is 343 g/mol. The normalized spacial score (nSPS) is 17.8. The van der Waals surface area contributed by atoms with Crippen LogP contribution >= 0.6 is 0 Å². The van der Waals surface area contributed by atoms with Gasteiger partial charge in [0.15, 0.2) is 5.82 Å². The summed E-state index contributed by atoms with van der Waals surface area (Å²) in [6, 6.07) is 5.87. The summed E-state index contributed by atoms with van der Waals surface area (Å²) in [6.07, 6.45) is 2.56. The average Bonchev–Trinajstić information content (AvgIpc) is 3.24. The minimum absolute atomic E-state index is 0.0229. The van der Waals surface area contributed by atoms with E-state index < -0.39 is 0 Å². The van der Waals surface area contributed by atoms with Gasteiger partial charge in [-0.15, -0.1) is 10.2 Å². The van der Waals surface area contributed by atoms with E-state index in [-0.39, 0.29) is 11.8 Å². The Morgan fingerprint density at radius 2 is 2.28 bits per heavy atom. The number of nitrogens with zero attached hydrogens (tertiary/aromatic N) is 4. The van der Waals surface area contributed by atoms with E-state index in [9.17, 15) is 4.79 Å². The van der Waals surface area contributed by atoms with E-state index in [1.165, 1.54) is 0 Å². The van der Waals surface area contributed by atoms with Crippen LogP contribution in [0.25, 0.3) is 11.4 Å². The Morgan fingerprint density at radius 3 is 3.00 bits per heavy atom. The van der Waals surface area contributed by atoms with Crippen molar-refractivity contribution in [3.63, 3.8) is 0 Å². The highest BCUT2D eigenvalue weighted by atomic mass is 16.5. The lowest BCUT2D eigenvalue weighted by Gasteiger charge is -2.16. The molecule has 1 fully saturated rings. The number of hydrogen-bond donors (Lipinski definition) is 1. The molecule has 1 aromatic carbocycles. The van der Waals surface area contributed by atoms with Gasteiger partial charge in [0.05, 0.1) is 12.5 Å². The summed E-state index contributed by atoms with van der Waals surface area (Å²) >= 11 is 0. The van der Waals surface area contributed by atoms with Crippen LogP contribution in [0.4, 0.5) is 5.69 Å². The smallest absolute Gasteiger partial charge is 0.228 e. The van der Waals surface area contributed by atoms with Crippen LogP contribution in [0.5, 0.6) is 0 Å². The van der Waals surface area contributed by atoms with Crippen molar-refractivity contribution in [3.05, 3.63) is 30.1 Å². The van der Waals surface area contributed by atoms with Gasteiger partial charge in [0, 0.05) is 38.5 Å². The molecule has 0 bridgehead atoms. The molecule has 0 aliphatic carbocycles. The Kier molecular flexibility index (Phi) is 5.45. The Morgan fingerprint density at radius 1 is 1.44 bits per heavy atom. The van der Waals surface area contributed by atoms with E-state index in [0.29, 0.717) is 6.61 Å². The van der Waals surface area contributed by atoms with E-state index >= 15 is 0 Å². The quantitative estimate of drug-likeness (QED) is 0.864. The lowest BCUT2D eigenvalue weighted by molar-refractivity contribution is -0.119. The summed E-state index contributed by atoms with van der Waals surface area (Å²) in [5, 5.41) is 11.2. The van der Waals surface area contributed by atoms with Crippen LogP contribution in [0.1, 0.15) is 12.0 Å². The molecule has 1 saturated heterocycles. The maximum atomic E-state index is 12.6. The van der Waals surface area contributed by atoms with Gasteiger partial charge in [0.2, 0.25) is 5.91 Å². The van der Waals surface area contributed by atoms with Crippen molar-refractivity contribution in [2.45, 2.75) is 13.3 Å². The largest absolute Gasteiger partial charge is 0.383 e. The zero-order chi connectivity index (χ0) is 17.8. The highest BCUT2D eigenvalue weighted by Crippen LogP contribution is 2.27. The van der Waals surface area contributed by atoms with E-state index in [1.54, 1.807) is 13.4 Å². The molecule has 3 rings (SSSR count). The van der Waals surface area contributed by atoms with E-state index in [2.05, 4.69) is 20.4 Å². The van der Waals surface area contributed by atoms with Crippen molar-refractivity contribution in [2.24, 2.45) is 13.0 Å². The fourth-order valence-electron chi connectivity index (χ4n) is 3.25. The molecule has 1 N–H and O–H groups in total. The Bertz CT molecular complexity index is 743. The van der Waals surface area contributed by atoms with Crippen LogP contribution in [0.3, 0.4) is 0 Å². The van der Waals surface area contributed by atoms with Gasteiger partial charge in [-0.1, -0.05) is 12.1 Å². The molecule has 1 aliphatic heterocycles. The summed E-state index contributed by atoms with van der Waals surface area (Å²) in [4.78, 5) is 14.9. The van der Waals surface area contributed by atoms with Crippen LogP contribution < -0.4 is 5.32 Å². The Labute approximate surface area is 148 Å². The van der Waals surface area contributed by atoms with Crippen molar-refractivity contribution in [2.75, 3.05) is 38.7 Å². The first kappa shape index (κ1) is 17.6. The van der Waals surface area contributed by atoms with Crippen LogP contribution in [-0.2, 0) is 16.6 Å². The second-order valence-corrected chi connectivity index (χ2v) is 6.51. The summed E-state index contributed by atoms with van der Waals surface area (Å²) < 4.78 is 6.99. The summed E-state index contributed by atoms with van der Waals surface area (Å²) in [6.45, 7) is 5.31. The number of nitrogens with one attached hydrogen (secondary N) is 1. The lowest BCUT2D eigenvalue weighted by Crippen LogP contribution is -2.29. The SMILES string of the molecule is COCCN1CCC(C(=O)Nc2cccc(-c3nncn3C)c2C)C1. The lowest BCUT2D eigenvalue weighted by atomic mass is 10.0. The predicted molar refractivity (Wildman–Crippen MR) is 96.2 cm³/mol. The molecule has 1 aliphatic rings. The van der Waals surface area contributed by atoms with E-state index in [4.69, 9.17) is 4.74 Å². The van der Waals surface area contributed by atoms with Crippen molar-refractivity contribution >= 4 is 11.6 Å². The molecular formula is C18H25N5O2. The van der Waals surface area contributed by atoms with Crippen LogP contribution in [0.15, 0.2) is 24.5 Å². The van der Waals surface area contributed by atoms with Gasteiger partial charge in [-0.3, -0.25) is 4.79 Å². The number of carbonyl (C=O) groups is 1. The van der Waals surface area contributed by atoms with Gasteiger partial charge >= 0.3 is 0 Å². The molecule has 0 spiro atoms. The second kappa shape index (κ2) is 7.76. The standard InChI is InChI=1S/C18H25N5O2/c1-13-15(17-21-19-12-22(17)2)5-4-6-16(13)20-18(24)14-7-8-23(11-14)9-10-25-3/h4-6,12,14H,7-11H2,1-3H3,(H,20,24). The predicted octanol–water partition coefficient (Wildman–Crippen LogP) is 1.70. The number of ether oxygens (including phenoxy) is 1. The molecule has 7 nitrogen and oxygen atoms in total. The molecule has 0 saturated carbocycles. The number of amides is 1. The van der Waals surface area contributed by atoms with Gasteiger partial charge in [-0.2, -0.15) is 0 Å². The maximum absolute atomic E-state index is 12.6. The molecule has 2 aromatic rings. The molecule has 134 valence electrons. The number of anilines is 1. The number of rotatable bonds is 6. The summed E-state index contributed by atoms with van der Waals surface area (Å²) in [5.74, 6) is 0.896. The molecular weight excluding hydrogens is 318 g/mol. The average molecular weight is 343 g/mol. The summed E-state index contributed by atoms with van der Waals surface area (Å²) in [5.41, 5.74) is 2.81. The first-order valence-electron chi connectivity index (χ1n) is 8.56. The molecule has 1 unspecified atom stereocenters. The highest BCUT2D eigenvalue weighted by molar-refractivity contribution is 5.94. The molecule has 7 heteroatoms. The van der Waals surface area contributed by atoms with E-state index in [0.717, 1.165) is 48.7 Å². The third kappa shape index (κ3) is 3.88. The Hall–Kier alpha value is -2.25. The van der Waals surface area contributed by atoms with Crippen molar-refractivity contribution in [1.82, 2.24) is 19.7 Å². The van der Waals surface area contributed by atoms with Gasteiger partial charge in [0.1, 0.15) is 6.33 Å². The first-order chi connectivity index (χ1) is 12.1. The zero-order valence-electron chi connectivity index (χ0n) is 15.0. The molecule has 1 atom stereocenters. The van der Waals surface area contributed by atoms with Crippen molar-refractivity contribution in [1.29, 1.82) is 0 Å². The number of likely N-dealkylation sites (tertiary alicyclic amines) is 1. The first-order valence-corrected chi connectivity index (χ1v) is 8.56. The molecule has 25 heavy (non-hydrogen) atoms. The van der Waals surface area contributed by atoms with Crippen molar-refractivity contribution < 1.29 is 9.53 Å². The van der Waals surface area contributed by atoms with Crippen LogP contribution in [0, 0.1) is 12.8 Å². The minimum Gasteiger partial charge on any atom is -0.383 e. The zero-order valence-corrected chi connectivity index (χ0v) is 15.0. The molecule has 1 amide bonds. The van der Waals surface area contributed by atoms with Crippen LogP contribution in [0.2, 0.25) is 0 Å². The second-order valence-electron chi connectivity index (χ2n) is 6.51. The van der Waals surface area contributed by atoms with Gasteiger partial charge in [-0.25, -0.2) is 0 Å². The third-order valence-electron chi connectivity index (χ3n) is 4.80. The number of benzene rings is 1. The van der Waals surface area contributed by atoms with Gasteiger partial charge in [0.25, 0.3) is 0 Å². The number of aromatic nitrogens is 3. The summed E-state index contributed by atoms with van der Waals surface area (Å²) in [7, 11) is 3.61. The molecule has 0 radical (unpaired) electrons.